The van der Waals surface area contributed by atoms with Crippen LogP contribution in [0.5, 0.6) is 0 Å². The molecule has 41 heavy (non-hydrogen) atoms. The smallest absolute Gasteiger partial charge is 0.333 e. The lowest BCUT2D eigenvalue weighted by molar-refractivity contribution is -0.384. The molecule has 1 aliphatic heterocycles. The molecule has 0 spiro atoms. The maximum Gasteiger partial charge on any atom is 0.333 e. The number of non-ortho nitro benzene ring substituents is 1. The molecule has 3 N–H and O–H groups in total. The number of hydrogen-bond acceptors (Lipinski definition) is 8. The van der Waals surface area contributed by atoms with Crippen molar-refractivity contribution in [1.82, 2.24) is 14.9 Å². The van der Waals surface area contributed by atoms with Crippen molar-refractivity contribution in [2.75, 3.05) is 0 Å². The number of nitrogens with one attached hydrogen (secondary N) is 1. The van der Waals surface area contributed by atoms with Gasteiger partial charge in [0.1, 0.15) is 6.10 Å². The number of nitrogens with zero attached hydrogens (tertiary/aromatic N) is 4. The minimum atomic E-state index is -1.30. The second-order valence-electron chi connectivity index (χ2n) is 10.4. The van der Waals surface area contributed by atoms with Gasteiger partial charge in [0.05, 0.1) is 34.5 Å². The van der Waals surface area contributed by atoms with Gasteiger partial charge in [-0.05, 0) is 37.5 Å². The first-order valence-corrected chi connectivity index (χ1v) is 12.9. The van der Waals surface area contributed by atoms with Crippen LogP contribution in [0.25, 0.3) is 0 Å². The molecule has 4 unspecified atom stereocenters. The van der Waals surface area contributed by atoms with Gasteiger partial charge in [-0.3, -0.25) is 14.9 Å². The summed E-state index contributed by atoms with van der Waals surface area (Å²) in [7, 11) is 0. The monoisotopic (exact) mass is 561 g/mol. The number of imidazole rings is 1. The average Bonchev–Trinajstić information content (AvgIpc) is 3.41. The number of carbonyl (C=O) groups is 2. The van der Waals surface area contributed by atoms with E-state index in [4.69, 9.17) is 4.84 Å². The van der Waals surface area contributed by atoms with Crippen molar-refractivity contribution in [3.05, 3.63) is 105 Å². The molecule has 3 aromatic rings. The van der Waals surface area contributed by atoms with E-state index in [9.17, 15) is 29.9 Å². The third-order valence-corrected chi connectivity index (χ3v) is 7.20. The number of allylic oxidation sites excluding steroid dienone is 1. The topological polar surface area (TPSA) is 169 Å². The van der Waals surface area contributed by atoms with Crippen molar-refractivity contribution in [3.8, 4) is 0 Å². The highest BCUT2D eigenvalue weighted by molar-refractivity contribution is 5.92. The Morgan fingerprint density at radius 1 is 1.27 bits per heavy atom. The van der Waals surface area contributed by atoms with Crippen LogP contribution in [0, 0.1) is 16.0 Å². The van der Waals surface area contributed by atoms with Gasteiger partial charge >= 0.3 is 11.9 Å². The van der Waals surface area contributed by atoms with E-state index in [0.29, 0.717) is 6.54 Å². The Morgan fingerprint density at radius 2 is 2.00 bits per heavy atom. The lowest BCUT2D eigenvalue weighted by Crippen LogP contribution is -2.58. The summed E-state index contributed by atoms with van der Waals surface area (Å²) in [6.07, 6.45) is 6.50. The molecule has 0 bridgehead atoms. The van der Waals surface area contributed by atoms with Crippen LogP contribution in [0.15, 0.2) is 83.7 Å². The number of rotatable bonds is 11. The lowest BCUT2D eigenvalue weighted by Gasteiger charge is -2.46. The molecule has 0 saturated carbocycles. The Balaban J connectivity index is 1.53. The maximum absolute atomic E-state index is 12.7. The predicted molar refractivity (Wildman–Crippen MR) is 149 cm³/mol. The summed E-state index contributed by atoms with van der Waals surface area (Å²) >= 11 is 0. The average molecular weight is 562 g/mol. The number of carboxylic acid groups (broad SMARTS) is 2. The minimum absolute atomic E-state index is 0.154. The molecule has 12 nitrogen and oxygen atoms in total. The van der Waals surface area contributed by atoms with Crippen LogP contribution in [-0.4, -0.2) is 54.5 Å². The van der Waals surface area contributed by atoms with Crippen LogP contribution in [0.2, 0.25) is 0 Å². The van der Waals surface area contributed by atoms with E-state index in [1.54, 1.807) is 39.5 Å². The van der Waals surface area contributed by atoms with Crippen molar-refractivity contribution in [2.24, 2.45) is 11.1 Å². The van der Waals surface area contributed by atoms with Crippen LogP contribution < -0.4 is 5.32 Å². The van der Waals surface area contributed by atoms with Gasteiger partial charge in [0.25, 0.3) is 5.69 Å². The van der Waals surface area contributed by atoms with Gasteiger partial charge in [-0.15, -0.1) is 0 Å². The number of oxime groups is 1. The fourth-order valence-corrected chi connectivity index (χ4v) is 5.55. The van der Waals surface area contributed by atoms with Crippen LogP contribution in [-0.2, 0) is 21.0 Å². The van der Waals surface area contributed by atoms with Crippen LogP contribution in [0.4, 0.5) is 5.69 Å². The maximum atomic E-state index is 12.7. The van der Waals surface area contributed by atoms with Gasteiger partial charge in [-0.25, -0.2) is 9.78 Å². The van der Waals surface area contributed by atoms with E-state index >= 15 is 0 Å². The molecule has 0 fully saturated rings. The molecule has 2 heterocycles. The summed E-state index contributed by atoms with van der Waals surface area (Å²) in [5.74, 6) is -4.97. The minimum Gasteiger partial charge on any atom is -0.481 e. The Bertz CT molecular complexity index is 1480. The first-order valence-electron chi connectivity index (χ1n) is 12.9. The summed E-state index contributed by atoms with van der Waals surface area (Å²) in [4.78, 5) is 45.5. The number of aliphatic carboxylic acids is 2. The number of carboxylic acids is 2. The van der Waals surface area contributed by atoms with E-state index in [-0.39, 0.29) is 28.9 Å². The molecule has 12 heteroatoms. The number of nitro groups is 1. The number of hydrogen-bond donors (Lipinski definition) is 3. The molecule has 214 valence electrons. The summed E-state index contributed by atoms with van der Waals surface area (Å²) in [6.45, 7) is 5.67. The largest absolute Gasteiger partial charge is 0.481 e. The van der Waals surface area contributed by atoms with Crippen LogP contribution in [0.3, 0.4) is 0 Å². The molecular formula is C29H31N5O7. The van der Waals surface area contributed by atoms with E-state index in [2.05, 4.69) is 15.5 Å². The zero-order valence-electron chi connectivity index (χ0n) is 22.8. The van der Waals surface area contributed by atoms with Gasteiger partial charge in [0, 0.05) is 49.1 Å². The highest BCUT2D eigenvalue weighted by atomic mass is 16.6. The summed E-state index contributed by atoms with van der Waals surface area (Å²) in [5.41, 5.74) is 0.835. The van der Waals surface area contributed by atoms with Gasteiger partial charge < -0.3 is 24.9 Å². The molecule has 0 amide bonds. The zero-order chi connectivity index (χ0) is 29.7. The molecule has 0 radical (unpaired) electrons. The van der Waals surface area contributed by atoms with Crippen molar-refractivity contribution in [2.45, 2.75) is 51.3 Å². The van der Waals surface area contributed by atoms with Crippen molar-refractivity contribution in [3.63, 3.8) is 0 Å². The Morgan fingerprint density at radius 3 is 2.61 bits per heavy atom. The lowest BCUT2D eigenvalue weighted by atomic mass is 9.66. The van der Waals surface area contributed by atoms with Crippen LogP contribution >= 0.6 is 0 Å². The first-order chi connectivity index (χ1) is 19.5. The van der Waals surface area contributed by atoms with E-state index < -0.39 is 40.3 Å². The third kappa shape index (κ3) is 6.60. The second kappa shape index (κ2) is 12.0. The zero-order valence-corrected chi connectivity index (χ0v) is 22.8. The highest BCUT2D eigenvalue weighted by Gasteiger charge is 2.52. The number of benzene rings is 2. The standard InChI is InChI=1S/C29H31N5O7/c1-18(41-31-15-20-7-9-21(10-8-20)16-33-12-11-30-17-33)14-29(3)26(28(37)38)25(24(27(35)36)19(2)32-29)22-5-4-6-23(13-22)34(39)40/h4-13,15,17-18,25-26,32H,14,16H2,1-3H3,(H,35,36)(H,37,38)/b31-15-. The van der Waals surface area contributed by atoms with Crippen LogP contribution in [0.1, 0.15) is 49.8 Å². The van der Waals surface area contributed by atoms with Crippen molar-refractivity contribution >= 4 is 23.8 Å². The molecule has 4 rings (SSSR count). The highest BCUT2D eigenvalue weighted by Crippen LogP contribution is 2.46. The van der Waals surface area contributed by atoms with Gasteiger partial charge in [0.2, 0.25) is 0 Å². The summed E-state index contributed by atoms with van der Waals surface area (Å²) < 4.78 is 1.96. The molecule has 1 aromatic heterocycles. The molecular weight excluding hydrogens is 530 g/mol. The predicted octanol–water partition coefficient (Wildman–Crippen LogP) is 4.17. The second-order valence-corrected chi connectivity index (χ2v) is 10.4. The molecule has 0 saturated heterocycles. The summed E-state index contributed by atoms with van der Waals surface area (Å²) in [6, 6.07) is 13.2. The SMILES string of the molecule is CC1=C(C(=O)O)C(c2cccc([N+](=O)[O-])c2)C(C(=O)O)C(C)(CC(C)O/N=C\c2ccc(Cn3ccnc3)cc2)N1. The van der Waals surface area contributed by atoms with Gasteiger partial charge in [-0.1, -0.05) is 41.6 Å². The third-order valence-electron chi connectivity index (χ3n) is 7.20. The number of aromatic nitrogens is 2. The normalized spacial score (nSPS) is 21.3. The fraction of sp³-hybridized carbons (Fsp3) is 0.310. The fourth-order valence-electron chi connectivity index (χ4n) is 5.55. The van der Waals surface area contributed by atoms with E-state index in [1.165, 1.54) is 24.3 Å². The molecule has 2 aromatic carbocycles. The van der Waals surface area contributed by atoms with E-state index in [0.717, 1.165) is 11.1 Å². The Kier molecular flexibility index (Phi) is 8.51. The first kappa shape index (κ1) is 29.0. The van der Waals surface area contributed by atoms with E-state index in [1.807, 2.05) is 35.0 Å². The molecule has 4 atom stereocenters. The van der Waals surface area contributed by atoms with Gasteiger partial charge in [-0.2, -0.15) is 0 Å². The molecule has 0 aliphatic carbocycles. The number of nitro benzene ring substituents is 1. The van der Waals surface area contributed by atoms with Crippen molar-refractivity contribution < 1.29 is 29.6 Å². The Hall–Kier alpha value is -5.00. The molecule has 1 aliphatic rings. The summed E-state index contributed by atoms with van der Waals surface area (Å²) in [5, 5.41) is 38.9. The quantitative estimate of drug-likeness (QED) is 0.177. The van der Waals surface area contributed by atoms with Gasteiger partial charge in [0.15, 0.2) is 0 Å². The van der Waals surface area contributed by atoms with Crippen molar-refractivity contribution in [1.29, 1.82) is 0 Å². The Labute approximate surface area is 236 Å².